The van der Waals surface area contributed by atoms with Gasteiger partial charge in [-0.05, 0) is 18.6 Å². The average molecular weight is 286 g/mol. The number of nitro groups is 1. The second kappa shape index (κ2) is 4.69. The number of hydrogen-bond acceptors (Lipinski definition) is 4. The minimum atomic E-state index is -2.88. The van der Waals surface area contributed by atoms with E-state index in [-0.39, 0.29) is 24.2 Å². The molecule has 1 heterocycles. The van der Waals surface area contributed by atoms with Gasteiger partial charge < -0.3 is 10.0 Å². The summed E-state index contributed by atoms with van der Waals surface area (Å²) in [5, 5.41) is 20.0. The fourth-order valence-electron chi connectivity index (χ4n) is 2.25. The molecule has 1 N–H and O–H groups in total. The second-order valence-corrected chi connectivity index (χ2v) is 4.75. The summed E-state index contributed by atoms with van der Waals surface area (Å²) >= 11 is 0. The summed E-state index contributed by atoms with van der Waals surface area (Å²) in [5.41, 5.74) is -0.333. The average Bonchev–Trinajstić information content (AvgIpc) is 2.68. The van der Waals surface area contributed by atoms with Gasteiger partial charge >= 0.3 is 5.97 Å². The van der Waals surface area contributed by atoms with Crippen molar-refractivity contribution in [2.75, 3.05) is 18.0 Å². The summed E-state index contributed by atoms with van der Waals surface area (Å²) in [7, 11) is 0. The lowest BCUT2D eigenvalue weighted by Crippen LogP contribution is -2.25. The highest BCUT2D eigenvalue weighted by Crippen LogP contribution is 2.37. The van der Waals surface area contributed by atoms with Gasteiger partial charge in [-0.15, -0.1) is 0 Å². The van der Waals surface area contributed by atoms with E-state index in [4.69, 9.17) is 5.11 Å². The van der Waals surface area contributed by atoms with Gasteiger partial charge in [0.25, 0.3) is 11.6 Å². The molecule has 0 radical (unpaired) electrons. The van der Waals surface area contributed by atoms with Gasteiger partial charge in [0.2, 0.25) is 0 Å². The van der Waals surface area contributed by atoms with Gasteiger partial charge in [-0.25, -0.2) is 13.6 Å². The van der Waals surface area contributed by atoms with E-state index >= 15 is 0 Å². The molecule has 1 aromatic rings. The summed E-state index contributed by atoms with van der Waals surface area (Å²) in [4.78, 5) is 22.5. The summed E-state index contributed by atoms with van der Waals surface area (Å²) in [5.74, 6) is -4.17. The molecule has 0 amide bonds. The first-order chi connectivity index (χ1) is 9.21. The molecule has 1 aliphatic rings. The number of alkyl halides is 2. The van der Waals surface area contributed by atoms with Crippen molar-refractivity contribution in [1.29, 1.82) is 0 Å². The van der Waals surface area contributed by atoms with Crippen molar-refractivity contribution < 1.29 is 23.6 Å². The number of nitro benzene ring substituents is 1. The fraction of sp³-hybridized carbons (Fsp3) is 0.417. The standard InChI is InChI=1S/C12H12F2N2O4/c1-7-4-9(15-3-2-12(13,14)6-15)10(16(19)20)5-8(7)11(17)18/h4-5H,2-3,6H2,1H3,(H,17,18). The molecule has 1 saturated heterocycles. The minimum absolute atomic E-state index is 0.000300. The smallest absolute Gasteiger partial charge is 0.336 e. The molecule has 1 aromatic carbocycles. The summed E-state index contributed by atoms with van der Waals surface area (Å²) in [6.07, 6.45) is -0.371. The molecule has 0 spiro atoms. The van der Waals surface area contributed by atoms with Crippen molar-refractivity contribution >= 4 is 17.3 Å². The highest BCUT2D eigenvalue weighted by Gasteiger charge is 2.40. The summed E-state index contributed by atoms with van der Waals surface area (Å²) in [6, 6.07) is 2.20. The number of carboxylic acid groups (broad SMARTS) is 1. The van der Waals surface area contributed by atoms with Crippen LogP contribution in [0, 0.1) is 17.0 Å². The van der Waals surface area contributed by atoms with Gasteiger partial charge in [-0.1, -0.05) is 0 Å². The maximum Gasteiger partial charge on any atom is 0.336 e. The predicted molar refractivity (Wildman–Crippen MR) is 66.6 cm³/mol. The molecular formula is C12H12F2N2O4. The highest BCUT2D eigenvalue weighted by molar-refractivity contribution is 5.91. The first-order valence-corrected chi connectivity index (χ1v) is 5.86. The van der Waals surface area contributed by atoms with Crippen molar-refractivity contribution in [1.82, 2.24) is 0 Å². The first-order valence-electron chi connectivity index (χ1n) is 5.86. The number of nitrogens with zero attached hydrogens (tertiary/aromatic N) is 2. The van der Waals surface area contributed by atoms with Crippen LogP contribution in [0.5, 0.6) is 0 Å². The van der Waals surface area contributed by atoms with Gasteiger partial charge in [0.05, 0.1) is 17.0 Å². The number of halogens is 2. The van der Waals surface area contributed by atoms with E-state index in [1.165, 1.54) is 17.9 Å². The number of anilines is 1. The predicted octanol–water partition coefficient (Wildman–Crippen LogP) is 2.45. The van der Waals surface area contributed by atoms with Crippen LogP contribution in [0.1, 0.15) is 22.3 Å². The van der Waals surface area contributed by atoms with E-state index in [1.54, 1.807) is 0 Å². The molecule has 0 saturated carbocycles. The molecule has 0 aromatic heterocycles. The Morgan fingerprint density at radius 1 is 1.50 bits per heavy atom. The summed E-state index contributed by atoms with van der Waals surface area (Å²) in [6.45, 7) is 0.879. The van der Waals surface area contributed by atoms with Crippen LogP contribution >= 0.6 is 0 Å². The zero-order valence-corrected chi connectivity index (χ0v) is 10.6. The Balaban J connectivity index is 2.50. The number of rotatable bonds is 3. The largest absolute Gasteiger partial charge is 0.478 e. The topological polar surface area (TPSA) is 83.7 Å². The monoisotopic (exact) mass is 286 g/mol. The zero-order valence-electron chi connectivity index (χ0n) is 10.6. The third-order valence-electron chi connectivity index (χ3n) is 3.26. The molecule has 0 aliphatic carbocycles. The maximum atomic E-state index is 13.2. The van der Waals surface area contributed by atoms with Crippen LogP contribution in [0.2, 0.25) is 0 Å². The maximum absolute atomic E-state index is 13.2. The lowest BCUT2D eigenvalue weighted by atomic mass is 10.1. The van der Waals surface area contributed by atoms with E-state index in [1.807, 2.05) is 0 Å². The van der Waals surface area contributed by atoms with Crippen LogP contribution in [-0.4, -0.2) is 35.0 Å². The Kier molecular flexibility index (Phi) is 3.33. The highest BCUT2D eigenvalue weighted by atomic mass is 19.3. The number of aryl methyl sites for hydroxylation is 1. The minimum Gasteiger partial charge on any atom is -0.478 e. The lowest BCUT2D eigenvalue weighted by molar-refractivity contribution is -0.384. The molecule has 8 heteroatoms. The Labute approximate surface area is 112 Å². The van der Waals surface area contributed by atoms with Crippen molar-refractivity contribution in [2.24, 2.45) is 0 Å². The van der Waals surface area contributed by atoms with Gasteiger partial charge in [0.1, 0.15) is 5.69 Å². The molecule has 20 heavy (non-hydrogen) atoms. The molecule has 0 unspecified atom stereocenters. The second-order valence-electron chi connectivity index (χ2n) is 4.75. The number of carbonyl (C=O) groups is 1. The molecule has 108 valence electrons. The van der Waals surface area contributed by atoms with Gasteiger partial charge in [-0.2, -0.15) is 0 Å². The third-order valence-corrected chi connectivity index (χ3v) is 3.26. The number of carboxylic acids is 1. The van der Waals surface area contributed by atoms with Crippen molar-refractivity contribution in [3.63, 3.8) is 0 Å². The van der Waals surface area contributed by atoms with Crippen molar-refractivity contribution in [3.8, 4) is 0 Å². The number of benzene rings is 1. The van der Waals surface area contributed by atoms with Crippen LogP contribution < -0.4 is 4.90 Å². The van der Waals surface area contributed by atoms with Gasteiger partial charge in [0.15, 0.2) is 0 Å². The first kappa shape index (κ1) is 14.2. The van der Waals surface area contributed by atoms with Crippen LogP contribution in [0.3, 0.4) is 0 Å². The Morgan fingerprint density at radius 3 is 2.60 bits per heavy atom. The lowest BCUT2D eigenvalue weighted by Gasteiger charge is -2.19. The van der Waals surface area contributed by atoms with Crippen LogP contribution in [0.4, 0.5) is 20.2 Å². The zero-order chi connectivity index (χ0) is 15.1. The Morgan fingerprint density at radius 2 is 2.15 bits per heavy atom. The Bertz CT molecular complexity index is 589. The molecule has 1 aliphatic heterocycles. The Hall–Kier alpha value is -2.25. The van der Waals surface area contributed by atoms with Crippen molar-refractivity contribution in [3.05, 3.63) is 33.4 Å². The molecule has 6 nitrogen and oxygen atoms in total. The quantitative estimate of drug-likeness (QED) is 0.681. The van der Waals surface area contributed by atoms with Gasteiger partial charge in [-0.3, -0.25) is 10.1 Å². The molecule has 1 fully saturated rings. The molecular weight excluding hydrogens is 274 g/mol. The van der Waals surface area contributed by atoms with E-state index < -0.39 is 29.0 Å². The van der Waals surface area contributed by atoms with E-state index in [0.29, 0.717) is 5.56 Å². The van der Waals surface area contributed by atoms with E-state index in [0.717, 1.165) is 6.07 Å². The number of hydrogen-bond donors (Lipinski definition) is 1. The number of aromatic carboxylic acids is 1. The normalized spacial score (nSPS) is 17.2. The van der Waals surface area contributed by atoms with E-state index in [2.05, 4.69) is 0 Å². The van der Waals surface area contributed by atoms with Gasteiger partial charge in [0, 0.05) is 19.0 Å². The SMILES string of the molecule is Cc1cc(N2CCC(F)(F)C2)c([N+](=O)[O-])cc1C(=O)O. The molecule has 0 atom stereocenters. The van der Waals surface area contributed by atoms with E-state index in [9.17, 15) is 23.7 Å². The fourth-order valence-corrected chi connectivity index (χ4v) is 2.25. The summed E-state index contributed by atoms with van der Waals surface area (Å²) < 4.78 is 26.4. The van der Waals surface area contributed by atoms with Crippen molar-refractivity contribution in [2.45, 2.75) is 19.3 Å². The molecule has 0 bridgehead atoms. The third kappa shape index (κ3) is 2.54. The van der Waals surface area contributed by atoms with Crippen LogP contribution in [0.15, 0.2) is 12.1 Å². The van der Waals surface area contributed by atoms with Crippen LogP contribution in [-0.2, 0) is 0 Å². The van der Waals surface area contributed by atoms with Crippen LogP contribution in [0.25, 0.3) is 0 Å². The molecule has 2 rings (SSSR count).